The highest BCUT2D eigenvalue weighted by atomic mass is 35.6. The molecule has 0 nitrogen and oxygen atoms in total. The number of hydrogen-bond acceptors (Lipinski definition) is 2. The molecule has 0 fully saturated rings. The van der Waals surface area contributed by atoms with Crippen LogP contribution >= 0.6 is 56.4 Å². The molecule has 0 rings (SSSR count). The van der Waals surface area contributed by atoms with Crippen LogP contribution in [0.3, 0.4) is 0 Å². The van der Waals surface area contributed by atoms with Gasteiger partial charge in [0.2, 0.25) is 0 Å². The summed E-state index contributed by atoms with van der Waals surface area (Å²) in [6.07, 6.45) is 1.73. The first kappa shape index (κ1) is 17.6. The number of alkyl halides is 3. The number of halogens is 3. The maximum Gasteiger partial charge on any atom is 0.191 e. The quantitative estimate of drug-likeness (QED) is 0.427. The summed E-state index contributed by atoms with van der Waals surface area (Å²) >= 11 is 17.7. The van der Waals surface area contributed by atoms with Crippen LogP contribution in [0.5, 0.6) is 0 Å². The summed E-state index contributed by atoms with van der Waals surface area (Å²) in [5, 5.41) is 0.390. The molecule has 5 heteroatoms. The highest BCUT2D eigenvalue weighted by molar-refractivity contribution is 8.77. The second-order valence-electron chi connectivity index (χ2n) is 5.04. The molecule has 2 atom stereocenters. The molecule has 0 aliphatic carbocycles. The van der Waals surface area contributed by atoms with Gasteiger partial charge in [-0.3, -0.25) is 0 Å². The maximum absolute atomic E-state index is 5.89. The summed E-state index contributed by atoms with van der Waals surface area (Å²) < 4.78 is -0.899. The van der Waals surface area contributed by atoms with E-state index in [0.29, 0.717) is 17.6 Å². The Morgan fingerprint density at radius 2 is 1.62 bits per heavy atom. The van der Waals surface area contributed by atoms with Gasteiger partial charge in [0.05, 0.1) is 0 Å². The van der Waals surface area contributed by atoms with Crippen molar-refractivity contribution in [3.63, 3.8) is 0 Å². The maximum atomic E-state index is 5.89. The van der Waals surface area contributed by atoms with Crippen molar-refractivity contribution in [1.29, 1.82) is 0 Å². The van der Waals surface area contributed by atoms with E-state index in [2.05, 4.69) is 34.6 Å². The lowest BCUT2D eigenvalue weighted by molar-refractivity contribution is 0.516. The first-order valence-corrected chi connectivity index (χ1v) is 8.81. The SMILES string of the molecule is CCC(C)[C@@H](CC(Cl)(Cl)Cl)SSC(C)(C)C. The molecule has 0 heterocycles. The van der Waals surface area contributed by atoms with E-state index in [0.717, 1.165) is 6.42 Å². The summed E-state index contributed by atoms with van der Waals surface area (Å²) in [5.74, 6) is 0.565. The van der Waals surface area contributed by atoms with Crippen molar-refractivity contribution in [3.05, 3.63) is 0 Å². The Balaban J connectivity index is 4.33. The van der Waals surface area contributed by atoms with Gasteiger partial charge in [0, 0.05) is 16.4 Å². The van der Waals surface area contributed by atoms with Gasteiger partial charge in [0.25, 0.3) is 0 Å². The fourth-order valence-corrected chi connectivity index (χ4v) is 4.92. The van der Waals surface area contributed by atoms with E-state index in [1.54, 1.807) is 0 Å². The molecule has 0 aromatic rings. The summed E-state index contributed by atoms with van der Waals surface area (Å²) in [4.78, 5) is 0. The summed E-state index contributed by atoms with van der Waals surface area (Å²) in [7, 11) is 3.72. The van der Waals surface area contributed by atoms with E-state index in [9.17, 15) is 0 Å². The Kier molecular flexibility index (Phi) is 7.94. The predicted octanol–water partition coefficient (Wildman–Crippen LogP) is 6.34. The van der Waals surface area contributed by atoms with E-state index in [-0.39, 0.29) is 4.75 Å². The van der Waals surface area contributed by atoms with Crippen molar-refractivity contribution in [2.45, 2.75) is 61.2 Å². The average Bonchev–Trinajstić information content (AvgIpc) is 2.07. The Morgan fingerprint density at radius 3 is 1.94 bits per heavy atom. The second-order valence-corrected chi connectivity index (χ2v) is 10.8. The summed E-state index contributed by atoms with van der Waals surface area (Å²) in [6, 6.07) is 0. The highest BCUT2D eigenvalue weighted by Gasteiger charge is 2.30. The highest BCUT2D eigenvalue weighted by Crippen LogP contribution is 2.46. The van der Waals surface area contributed by atoms with Crippen LogP contribution in [-0.2, 0) is 0 Å². The Morgan fingerprint density at radius 1 is 1.12 bits per heavy atom. The topological polar surface area (TPSA) is 0 Å². The van der Waals surface area contributed by atoms with Gasteiger partial charge in [-0.15, -0.1) is 0 Å². The monoisotopic (exact) mass is 322 g/mol. The lowest BCUT2D eigenvalue weighted by Gasteiger charge is -2.28. The molecular weight excluding hydrogens is 303 g/mol. The molecule has 0 aromatic heterocycles. The average molecular weight is 324 g/mol. The Labute approximate surface area is 123 Å². The Bertz CT molecular complexity index is 196. The first-order chi connectivity index (χ1) is 7.05. The van der Waals surface area contributed by atoms with Crippen LogP contribution in [0.15, 0.2) is 0 Å². The van der Waals surface area contributed by atoms with Crippen molar-refractivity contribution in [1.82, 2.24) is 0 Å². The molecule has 0 radical (unpaired) electrons. The Hall–Kier alpha value is 1.57. The number of hydrogen-bond donors (Lipinski definition) is 0. The van der Waals surface area contributed by atoms with E-state index in [4.69, 9.17) is 34.8 Å². The van der Waals surface area contributed by atoms with Gasteiger partial charge in [-0.25, -0.2) is 0 Å². The molecule has 0 N–H and O–H groups in total. The predicted molar refractivity (Wildman–Crippen MR) is 83.1 cm³/mol. The van der Waals surface area contributed by atoms with Crippen molar-refractivity contribution in [3.8, 4) is 0 Å². The van der Waals surface area contributed by atoms with Gasteiger partial charge in [0.15, 0.2) is 3.79 Å². The van der Waals surface area contributed by atoms with Crippen LogP contribution in [0.2, 0.25) is 0 Å². The van der Waals surface area contributed by atoms with Gasteiger partial charge in [-0.1, -0.05) is 97.4 Å². The van der Waals surface area contributed by atoms with E-state index in [1.807, 2.05) is 21.6 Å². The summed E-state index contributed by atoms with van der Waals surface area (Å²) in [6.45, 7) is 11.0. The third-order valence-corrected chi connectivity index (χ3v) is 6.60. The standard InChI is InChI=1S/C11H21Cl3S2/c1-6-8(2)9(7-11(12,13)14)15-16-10(3,4)5/h8-9H,6-7H2,1-5H3/t8?,9-/m1/s1. The van der Waals surface area contributed by atoms with Crippen LogP contribution in [0, 0.1) is 5.92 Å². The fourth-order valence-electron chi connectivity index (χ4n) is 1.03. The molecule has 0 aliphatic rings. The smallest absolute Gasteiger partial charge is 0.0897 e. The molecule has 0 saturated heterocycles. The molecule has 1 unspecified atom stereocenters. The summed E-state index contributed by atoms with van der Waals surface area (Å²) in [5.41, 5.74) is 0. The third-order valence-electron chi connectivity index (χ3n) is 2.13. The zero-order valence-corrected chi connectivity index (χ0v) is 14.4. The van der Waals surface area contributed by atoms with Gasteiger partial charge in [-0.2, -0.15) is 0 Å². The number of rotatable bonds is 5. The molecule has 0 spiro atoms. The zero-order chi connectivity index (χ0) is 13.0. The molecule has 0 amide bonds. The van der Waals surface area contributed by atoms with Crippen LogP contribution in [0.25, 0.3) is 0 Å². The molecule has 0 saturated carbocycles. The largest absolute Gasteiger partial charge is 0.191 e. The van der Waals surface area contributed by atoms with E-state index < -0.39 is 3.79 Å². The van der Waals surface area contributed by atoms with Crippen molar-refractivity contribution in [2.24, 2.45) is 5.92 Å². The minimum atomic E-state index is -1.14. The van der Waals surface area contributed by atoms with Gasteiger partial charge in [0.1, 0.15) is 0 Å². The van der Waals surface area contributed by atoms with Gasteiger partial charge < -0.3 is 0 Å². The minimum Gasteiger partial charge on any atom is -0.0897 e. The van der Waals surface area contributed by atoms with Crippen LogP contribution in [0.4, 0.5) is 0 Å². The third kappa shape index (κ3) is 9.58. The molecule has 0 aliphatic heterocycles. The first-order valence-electron chi connectivity index (χ1n) is 5.46. The molecule has 0 bridgehead atoms. The second kappa shape index (κ2) is 7.23. The normalized spacial score (nSPS) is 17.2. The van der Waals surface area contributed by atoms with Crippen LogP contribution < -0.4 is 0 Å². The molecular formula is C11H21Cl3S2. The minimum absolute atomic E-state index is 0.240. The van der Waals surface area contributed by atoms with Crippen LogP contribution in [0.1, 0.15) is 47.5 Å². The van der Waals surface area contributed by atoms with Crippen molar-refractivity contribution < 1.29 is 0 Å². The lowest BCUT2D eigenvalue weighted by Crippen LogP contribution is -2.21. The van der Waals surface area contributed by atoms with E-state index >= 15 is 0 Å². The fraction of sp³-hybridized carbons (Fsp3) is 1.00. The van der Waals surface area contributed by atoms with Gasteiger partial charge >= 0.3 is 0 Å². The van der Waals surface area contributed by atoms with Crippen LogP contribution in [-0.4, -0.2) is 13.8 Å². The molecule has 98 valence electrons. The van der Waals surface area contributed by atoms with Gasteiger partial charge in [-0.05, 0) is 5.92 Å². The lowest BCUT2D eigenvalue weighted by atomic mass is 10.0. The molecule has 16 heavy (non-hydrogen) atoms. The van der Waals surface area contributed by atoms with E-state index in [1.165, 1.54) is 0 Å². The van der Waals surface area contributed by atoms with Crippen molar-refractivity contribution in [2.75, 3.05) is 0 Å². The zero-order valence-electron chi connectivity index (χ0n) is 10.5. The van der Waals surface area contributed by atoms with Crippen molar-refractivity contribution >= 4 is 56.4 Å². The molecule has 0 aromatic carbocycles.